The molecule has 5 nitrogen and oxygen atoms in total. The molecule has 1 aliphatic heterocycles. The van der Waals surface area contributed by atoms with Crippen LogP contribution in [-0.2, 0) is 19.7 Å². The number of hydrogen-bond donors (Lipinski definition) is 0. The molecule has 2 aromatic carbocycles. The summed E-state index contributed by atoms with van der Waals surface area (Å²) in [5, 5.41) is 0. The predicted octanol–water partition coefficient (Wildman–Crippen LogP) is 3.13. The van der Waals surface area contributed by atoms with Crippen molar-refractivity contribution in [3.8, 4) is 0 Å². The highest BCUT2D eigenvalue weighted by atomic mass is 19.1. The summed E-state index contributed by atoms with van der Waals surface area (Å²) in [5.41, 5.74) is -0.236. The lowest BCUT2D eigenvalue weighted by Crippen LogP contribution is -2.49. The molecule has 3 rings (SSSR count). The van der Waals surface area contributed by atoms with Crippen molar-refractivity contribution >= 4 is 17.7 Å². The molecule has 0 radical (unpaired) electrons. The lowest BCUT2D eigenvalue weighted by Gasteiger charge is -2.40. The summed E-state index contributed by atoms with van der Waals surface area (Å²) >= 11 is 0. The Morgan fingerprint density at radius 2 is 1.61 bits per heavy atom. The van der Waals surface area contributed by atoms with E-state index in [1.165, 1.54) is 25.1 Å². The lowest BCUT2D eigenvalue weighted by molar-refractivity contribution is -0.153. The third kappa shape index (κ3) is 3.96. The van der Waals surface area contributed by atoms with Crippen molar-refractivity contribution in [1.29, 1.82) is 0 Å². The van der Waals surface area contributed by atoms with Gasteiger partial charge in [-0.05, 0) is 30.5 Å². The quantitative estimate of drug-likeness (QED) is 0.588. The fourth-order valence-corrected chi connectivity index (χ4v) is 3.61. The minimum absolute atomic E-state index is 0.0373. The van der Waals surface area contributed by atoms with E-state index in [1.807, 2.05) is 30.3 Å². The Labute approximate surface area is 163 Å². The molecule has 1 aliphatic rings. The van der Waals surface area contributed by atoms with Crippen LogP contribution in [0.2, 0.25) is 0 Å². The Kier molecular flexibility index (Phi) is 5.87. The van der Waals surface area contributed by atoms with Gasteiger partial charge in [0.15, 0.2) is 6.61 Å². The number of rotatable bonds is 5. The first-order valence-electron chi connectivity index (χ1n) is 9.20. The van der Waals surface area contributed by atoms with Gasteiger partial charge in [-0.25, -0.2) is 4.39 Å². The van der Waals surface area contributed by atoms with Crippen molar-refractivity contribution < 1.29 is 23.5 Å². The number of Topliss-reactive ketones (excluding diaryl/α,β-unsaturated/α-hetero) is 1. The molecule has 0 atom stereocenters. The molecule has 1 heterocycles. The molecule has 0 spiro atoms. The second-order valence-electron chi connectivity index (χ2n) is 6.93. The first kappa shape index (κ1) is 19.7. The maximum atomic E-state index is 13.8. The predicted molar refractivity (Wildman–Crippen MR) is 101 cm³/mol. The third-order valence-electron chi connectivity index (χ3n) is 5.29. The molecule has 6 heteroatoms. The minimum atomic E-state index is -0.928. The smallest absolute Gasteiger partial charge is 0.317 e. The van der Waals surface area contributed by atoms with Crippen molar-refractivity contribution in [2.45, 2.75) is 25.2 Å². The fourth-order valence-electron chi connectivity index (χ4n) is 3.61. The molecule has 1 saturated heterocycles. The number of benzene rings is 2. The van der Waals surface area contributed by atoms with Crippen LogP contribution in [0.25, 0.3) is 0 Å². The molecule has 0 bridgehead atoms. The van der Waals surface area contributed by atoms with E-state index in [0.717, 1.165) is 5.56 Å². The molecule has 0 unspecified atom stereocenters. The van der Waals surface area contributed by atoms with E-state index in [0.29, 0.717) is 25.9 Å². The van der Waals surface area contributed by atoms with Crippen LogP contribution in [0.3, 0.4) is 0 Å². The number of hydrogen-bond acceptors (Lipinski definition) is 4. The summed E-state index contributed by atoms with van der Waals surface area (Å²) < 4.78 is 19.1. The van der Waals surface area contributed by atoms with Gasteiger partial charge >= 0.3 is 5.97 Å². The van der Waals surface area contributed by atoms with Crippen molar-refractivity contribution in [2.24, 2.45) is 0 Å². The van der Waals surface area contributed by atoms with Crippen LogP contribution in [0.4, 0.5) is 4.39 Å². The number of carbonyl (C=O) groups is 3. The van der Waals surface area contributed by atoms with Gasteiger partial charge in [-0.3, -0.25) is 14.4 Å². The third-order valence-corrected chi connectivity index (χ3v) is 5.29. The van der Waals surface area contributed by atoms with Crippen LogP contribution in [0.5, 0.6) is 0 Å². The van der Waals surface area contributed by atoms with Gasteiger partial charge in [0.05, 0.1) is 11.0 Å². The zero-order valence-electron chi connectivity index (χ0n) is 15.7. The Morgan fingerprint density at radius 3 is 2.21 bits per heavy atom. The molecule has 0 N–H and O–H groups in total. The molecule has 146 valence electrons. The second kappa shape index (κ2) is 8.33. The maximum absolute atomic E-state index is 13.8. The Bertz CT molecular complexity index is 873. The van der Waals surface area contributed by atoms with Crippen LogP contribution in [0.1, 0.15) is 35.7 Å². The van der Waals surface area contributed by atoms with E-state index >= 15 is 0 Å². The fraction of sp³-hybridized carbons (Fsp3) is 0.318. The Morgan fingerprint density at radius 1 is 1.00 bits per heavy atom. The molecular weight excluding hydrogens is 361 g/mol. The molecular formula is C22H22FNO4. The van der Waals surface area contributed by atoms with Crippen molar-refractivity contribution in [3.63, 3.8) is 0 Å². The highest BCUT2D eigenvalue weighted by molar-refractivity contribution is 5.98. The molecule has 0 saturated carbocycles. The number of nitrogens with zero attached hydrogens (tertiary/aromatic N) is 1. The maximum Gasteiger partial charge on any atom is 0.317 e. The van der Waals surface area contributed by atoms with E-state index in [1.54, 1.807) is 11.0 Å². The average molecular weight is 383 g/mol. The van der Waals surface area contributed by atoms with Crippen LogP contribution in [0.15, 0.2) is 54.6 Å². The van der Waals surface area contributed by atoms with E-state index in [-0.39, 0.29) is 11.5 Å². The number of esters is 1. The van der Waals surface area contributed by atoms with Gasteiger partial charge in [0.2, 0.25) is 11.7 Å². The number of amides is 1. The van der Waals surface area contributed by atoms with E-state index in [2.05, 4.69) is 0 Å². The van der Waals surface area contributed by atoms with Gasteiger partial charge in [-0.2, -0.15) is 0 Å². The van der Waals surface area contributed by atoms with Crippen LogP contribution in [-0.4, -0.2) is 42.3 Å². The summed E-state index contributed by atoms with van der Waals surface area (Å²) in [4.78, 5) is 38.7. The van der Waals surface area contributed by atoms with Gasteiger partial charge < -0.3 is 9.64 Å². The number of ether oxygens (including phenoxy) is 1. The highest BCUT2D eigenvalue weighted by Gasteiger charge is 2.44. The SMILES string of the molecule is CC(=O)N1CCC(C(=O)OCC(=O)c2ccccc2F)(c2ccccc2)CC1. The van der Waals surface area contributed by atoms with Crippen molar-refractivity contribution in [2.75, 3.05) is 19.7 Å². The van der Waals surface area contributed by atoms with Crippen LogP contribution in [0, 0.1) is 5.82 Å². The van der Waals surface area contributed by atoms with Gasteiger partial charge in [0, 0.05) is 20.0 Å². The van der Waals surface area contributed by atoms with Crippen LogP contribution >= 0.6 is 0 Å². The summed E-state index contributed by atoms with van der Waals surface area (Å²) in [6, 6.07) is 14.8. The highest BCUT2D eigenvalue weighted by Crippen LogP contribution is 2.37. The van der Waals surface area contributed by atoms with Crippen molar-refractivity contribution in [3.05, 3.63) is 71.5 Å². The molecule has 0 aliphatic carbocycles. The van der Waals surface area contributed by atoms with Gasteiger partial charge in [-0.1, -0.05) is 42.5 Å². The van der Waals surface area contributed by atoms with E-state index in [9.17, 15) is 18.8 Å². The van der Waals surface area contributed by atoms with Crippen molar-refractivity contribution in [1.82, 2.24) is 4.90 Å². The summed E-state index contributed by atoms with van der Waals surface area (Å²) in [7, 11) is 0. The first-order chi connectivity index (χ1) is 13.4. The number of carbonyl (C=O) groups excluding carboxylic acids is 3. The van der Waals surface area contributed by atoms with E-state index < -0.39 is 29.6 Å². The minimum Gasteiger partial charge on any atom is -0.457 e. The number of ketones is 1. The molecule has 1 fully saturated rings. The van der Waals surface area contributed by atoms with Crippen LogP contribution < -0.4 is 0 Å². The first-order valence-corrected chi connectivity index (χ1v) is 9.20. The normalized spacial score (nSPS) is 15.7. The average Bonchev–Trinajstić information content (AvgIpc) is 2.72. The number of halogens is 1. The van der Waals surface area contributed by atoms with Gasteiger partial charge in [0.25, 0.3) is 0 Å². The van der Waals surface area contributed by atoms with Gasteiger partial charge in [0.1, 0.15) is 5.82 Å². The largest absolute Gasteiger partial charge is 0.457 e. The summed E-state index contributed by atoms with van der Waals surface area (Å²) in [5.74, 6) is -1.79. The zero-order valence-corrected chi connectivity index (χ0v) is 15.7. The molecule has 0 aromatic heterocycles. The monoisotopic (exact) mass is 383 g/mol. The van der Waals surface area contributed by atoms with E-state index in [4.69, 9.17) is 4.74 Å². The number of piperidine rings is 1. The molecule has 2 aromatic rings. The second-order valence-corrected chi connectivity index (χ2v) is 6.93. The lowest BCUT2D eigenvalue weighted by atomic mass is 9.72. The molecule has 28 heavy (non-hydrogen) atoms. The topological polar surface area (TPSA) is 63.7 Å². The standard InChI is InChI=1S/C22H22FNO4/c1-16(25)24-13-11-22(12-14-24,17-7-3-2-4-8-17)21(27)28-15-20(26)18-9-5-6-10-19(18)23/h2-10H,11-15H2,1H3. The van der Waals surface area contributed by atoms with Gasteiger partial charge in [-0.15, -0.1) is 0 Å². The summed E-state index contributed by atoms with van der Waals surface area (Å²) in [6.07, 6.45) is 0.812. The Balaban J connectivity index is 1.77. The summed E-state index contributed by atoms with van der Waals surface area (Å²) in [6.45, 7) is 1.84. The molecule has 1 amide bonds. The Hall–Kier alpha value is -3.02. The zero-order chi connectivity index (χ0) is 20.1. The number of likely N-dealkylation sites (tertiary alicyclic amines) is 1.